The second-order valence-electron chi connectivity index (χ2n) is 11.5. The number of benzene rings is 2. The molecule has 4 atom stereocenters. The Morgan fingerprint density at radius 2 is 1.62 bits per heavy atom. The molecule has 50 heavy (non-hydrogen) atoms. The summed E-state index contributed by atoms with van der Waals surface area (Å²) in [5.74, 6) is -6.67. The van der Waals surface area contributed by atoms with Crippen LogP contribution in [0.25, 0.3) is 0 Å². The van der Waals surface area contributed by atoms with Crippen molar-refractivity contribution in [1.82, 2.24) is 5.32 Å². The fourth-order valence-electron chi connectivity index (χ4n) is 5.39. The van der Waals surface area contributed by atoms with Gasteiger partial charge in [-0.05, 0) is 65.6 Å². The number of rotatable bonds is 14. The molecular weight excluding hydrogens is 692 g/mol. The highest BCUT2D eigenvalue weighted by Crippen LogP contribution is 2.41. The third kappa shape index (κ3) is 9.55. The summed E-state index contributed by atoms with van der Waals surface area (Å²) in [6.07, 6.45) is -17.0. The van der Waals surface area contributed by atoms with Crippen LogP contribution in [0.4, 0.5) is 43.9 Å². The molecule has 0 saturated heterocycles. The monoisotopic (exact) mass is 721 g/mol. The van der Waals surface area contributed by atoms with E-state index in [9.17, 15) is 49.1 Å². The molecule has 0 bridgehead atoms. The molecular formula is C34H29F10NO5. The molecule has 0 radical (unpaired) electrons. The Hall–Kier alpha value is -4.60. The topological polar surface area (TPSA) is 84.9 Å². The summed E-state index contributed by atoms with van der Waals surface area (Å²) in [7, 11) is 0. The maximum absolute atomic E-state index is 15.2. The van der Waals surface area contributed by atoms with Crippen LogP contribution in [-0.2, 0) is 26.3 Å². The van der Waals surface area contributed by atoms with Gasteiger partial charge in [-0.2, -0.15) is 22.0 Å². The van der Waals surface area contributed by atoms with E-state index in [0.29, 0.717) is 17.7 Å². The van der Waals surface area contributed by atoms with Crippen LogP contribution in [0.1, 0.15) is 30.4 Å². The minimum Gasteiger partial charge on any atom is -0.494 e. The molecule has 2 aliphatic rings. The van der Waals surface area contributed by atoms with Crippen LogP contribution < -0.4 is 10.1 Å². The van der Waals surface area contributed by atoms with Crippen molar-refractivity contribution in [2.75, 3.05) is 6.61 Å². The highest BCUT2D eigenvalue weighted by atomic mass is 19.4. The van der Waals surface area contributed by atoms with E-state index in [0.717, 1.165) is 42.5 Å². The molecule has 2 aromatic rings. The minimum absolute atomic E-state index is 0.0318. The lowest BCUT2D eigenvalue weighted by atomic mass is 9.75. The van der Waals surface area contributed by atoms with Crippen molar-refractivity contribution in [1.29, 1.82) is 0 Å². The second kappa shape index (κ2) is 15.5. The lowest BCUT2D eigenvalue weighted by Crippen LogP contribution is -2.50. The molecule has 270 valence electrons. The molecule has 0 fully saturated rings. The van der Waals surface area contributed by atoms with Gasteiger partial charge in [0, 0.05) is 24.8 Å². The number of alkyl halides is 8. The first kappa shape index (κ1) is 38.2. The van der Waals surface area contributed by atoms with E-state index in [1.165, 1.54) is 24.3 Å². The average molecular weight is 722 g/mol. The van der Waals surface area contributed by atoms with Crippen LogP contribution in [0.5, 0.6) is 5.75 Å². The van der Waals surface area contributed by atoms with Gasteiger partial charge in [-0.3, -0.25) is 9.59 Å². The Kier molecular flexibility index (Phi) is 11.9. The first-order valence-corrected chi connectivity index (χ1v) is 14.9. The zero-order valence-corrected chi connectivity index (χ0v) is 25.7. The number of carbonyl (C=O) groups is 2. The summed E-state index contributed by atoms with van der Waals surface area (Å²) in [6, 6.07) is 9.90. The number of allylic oxidation sites excluding steroid dienone is 2. The second-order valence-corrected chi connectivity index (χ2v) is 11.5. The highest BCUT2D eigenvalue weighted by molar-refractivity contribution is 5.97. The van der Waals surface area contributed by atoms with E-state index in [-0.39, 0.29) is 36.3 Å². The number of carboxylic acids is 1. The van der Waals surface area contributed by atoms with Gasteiger partial charge < -0.3 is 19.9 Å². The largest absolute Gasteiger partial charge is 0.494 e. The normalized spacial score (nSPS) is 20.8. The van der Waals surface area contributed by atoms with Crippen molar-refractivity contribution in [2.45, 2.75) is 62.2 Å². The Morgan fingerprint density at radius 1 is 0.960 bits per heavy atom. The quantitative estimate of drug-likeness (QED) is 0.152. The molecule has 0 heterocycles. The molecule has 3 unspecified atom stereocenters. The van der Waals surface area contributed by atoms with Gasteiger partial charge in [-0.25, -0.2) is 22.0 Å². The zero-order chi connectivity index (χ0) is 36.9. The number of aliphatic carboxylic acids is 1. The van der Waals surface area contributed by atoms with Crippen molar-refractivity contribution in [3.8, 4) is 5.75 Å². The Bertz CT molecular complexity index is 1650. The fourth-order valence-corrected chi connectivity index (χ4v) is 5.39. The van der Waals surface area contributed by atoms with E-state index in [2.05, 4.69) is 10.1 Å². The summed E-state index contributed by atoms with van der Waals surface area (Å²) in [4.78, 5) is 24.5. The molecule has 0 spiro atoms. The van der Waals surface area contributed by atoms with E-state index < -0.39 is 84.4 Å². The number of amides is 1. The van der Waals surface area contributed by atoms with E-state index in [4.69, 9.17) is 9.84 Å². The SMILES string of the molecule is O=C(O)CCCOc1ccc(C[C@@](NC(=O)C2=CC(C(F)(F)F)C(F)C=C2)(C2=CC(OC(F)(F)C(F)F)CC(F)=C2)c2ccc(F)cc2)cc1. The molecule has 4 rings (SSSR count). The number of carbonyl (C=O) groups excluding carboxylic acids is 1. The van der Waals surface area contributed by atoms with Crippen LogP contribution in [0.15, 0.2) is 95.9 Å². The molecule has 2 aromatic carbocycles. The number of hydrogen-bond acceptors (Lipinski definition) is 4. The average Bonchev–Trinajstić information content (AvgIpc) is 3.02. The van der Waals surface area contributed by atoms with Gasteiger partial charge in [0.1, 0.15) is 29.5 Å². The molecule has 2 aliphatic carbocycles. The van der Waals surface area contributed by atoms with Crippen LogP contribution in [0.2, 0.25) is 0 Å². The smallest absolute Gasteiger partial charge is 0.417 e. The molecule has 0 aliphatic heterocycles. The highest BCUT2D eigenvalue weighted by Gasteiger charge is 2.47. The van der Waals surface area contributed by atoms with Gasteiger partial charge in [0.05, 0.1) is 18.2 Å². The molecule has 1 amide bonds. The van der Waals surface area contributed by atoms with Crippen molar-refractivity contribution in [2.24, 2.45) is 5.92 Å². The minimum atomic E-state index is -5.10. The van der Waals surface area contributed by atoms with Gasteiger partial charge in [-0.15, -0.1) is 0 Å². The van der Waals surface area contributed by atoms with Gasteiger partial charge in [-0.1, -0.05) is 36.4 Å². The summed E-state index contributed by atoms with van der Waals surface area (Å²) >= 11 is 0. The first-order valence-electron chi connectivity index (χ1n) is 14.9. The van der Waals surface area contributed by atoms with Gasteiger partial charge >= 0.3 is 24.7 Å². The van der Waals surface area contributed by atoms with E-state index in [1.807, 2.05) is 0 Å². The lowest BCUT2D eigenvalue weighted by Gasteiger charge is -2.39. The number of nitrogens with one attached hydrogen (secondary N) is 1. The first-order chi connectivity index (χ1) is 23.4. The maximum Gasteiger partial charge on any atom is 0.417 e. The van der Waals surface area contributed by atoms with Crippen molar-refractivity contribution >= 4 is 11.9 Å². The van der Waals surface area contributed by atoms with Crippen molar-refractivity contribution in [3.63, 3.8) is 0 Å². The standard InChI is InChI=1S/C34H29F10NO5/c35-23-8-6-21(7-9-23)32(18-19-3-10-25(11-4-19)49-13-1-2-29(46)47,22-15-24(36)17-26(16-22)50-34(43,44)31(38)39)45-30(48)20-5-12-28(37)27(14-20)33(40,41)42/h3-12,14-16,26-28,31H,1-2,13,17-18H2,(H,45,48)(H,46,47)/t26?,27?,28?,32-/m0/s1. The molecule has 0 aromatic heterocycles. The van der Waals surface area contributed by atoms with Crippen molar-refractivity contribution < 1.29 is 68.1 Å². The van der Waals surface area contributed by atoms with E-state index >= 15 is 4.39 Å². The van der Waals surface area contributed by atoms with Crippen molar-refractivity contribution in [3.05, 3.63) is 113 Å². The number of halogens is 10. The number of carboxylic acid groups (broad SMARTS) is 1. The summed E-state index contributed by atoms with van der Waals surface area (Å²) in [5.41, 5.74) is -2.93. The number of ether oxygens (including phenoxy) is 2. The Labute approximate surface area is 278 Å². The maximum atomic E-state index is 15.2. The van der Waals surface area contributed by atoms with Crippen LogP contribution in [0, 0.1) is 11.7 Å². The Morgan fingerprint density at radius 3 is 2.22 bits per heavy atom. The van der Waals surface area contributed by atoms with Crippen LogP contribution in [0.3, 0.4) is 0 Å². The zero-order valence-electron chi connectivity index (χ0n) is 25.7. The lowest BCUT2D eigenvalue weighted by molar-refractivity contribution is -0.312. The molecule has 6 nitrogen and oxygen atoms in total. The third-order valence-electron chi connectivity index (χ3n) is 7.79. The van der Waals surface area contributed by atoms with Gasteiger partial charge in [0.15, 0.2) is 0 Å². The summed E-state index contributed by atoms with van der Waals surface area (Å²) < 4.78 is 148. The van der Waals surface area contributed by atoms with Crippen LogP contribution in [-0.4, -0.2) is 54.6 Å². The Balaban J connectivity index is 1.83. The van der Waals surface area contributed by atoms with Gasteiger partial charge in [0.25, 0.3) is 5.91 Å². The van der Waals surface area contributed by atoms with E-state index in [1.54, 1.807) is 0 Å². The number of hydrogen-bond donors (Lipinski definition) is 2. The summed E-state index contributed by atoms with van der Waals surface area (Å²) in [5, 5.41) is 11.3. The van der Waals surface area contributed by atoms with Gasteiger partial charge in [0.2, 0.25) is 0 Å². The predicted octanol–water partition coefficient (Wildman–Crippen LogP) is 8.06. The predicted molar refractivity (Wildman–Crippen MR) is 158 cm³/mol. The van der Waals surface area contributed by atoms with Crippen LogP contribution >= 0.6 is 0 Å². The fraction of sp³-hybridized carbons (Fsp3) is 0.353. The molecule has 2 N–H and O–H groups in total. The molecule has 16 heteroatoms. The third-order valence-corrected chi connectivity index (χ3v) is 7.79. The molecule has 0 saturated carbocycles. The summed E-state index contributed by atoms with van der Waals surface area (Å²) in [6.45, 7) is 0.0318.